The fourth-order valence-electron chi connectivity index (χ4n) is 2.23. The second-order valence-electron chi connectivity index (χ2n) is 4.34. The van der Waals surface area contributed by atoms with Crippen molar-refractivity contribution in [3.63, 3.8) is 0 Å². The number of ether oxygens (including phenoxy) is 1. The number of nitrogens with two attached hydrogens (primary N) is 1. The Balaban J connectivity index is 2.29. The van der Waals surface area contributed by atoms with Gasteiger partial charge in [0.05, 0.1) is 28.6 Å². The number of para-hydroxylation sites is 1. The molecular formula is C12H17ClN2O. The first-order valence-corrected chi connectivity index (χ1v) is 5.90. The van der Waals surface area contributed by atoms with Crippen molar-refractivity contribution < 1.29 is 4.74 Å². The third kappa shape index (κ3) is 2.25. The van der Waals surface area contributed by atoms with Crippen LogP contribution in [0, 0.1) is 0 Å². The number of hydrogen-bond acceptors (Lipinski definition) is 3. The van der Waals surface area contributed by atoms with E-state index in [-0.39, 0.29) is 12.2 Å². The summed E-state index contributed by atoms with van der Waals surface area (Å²) in [6.07, 6.45) is 0.416. The van der Waals surface area contributed by atoms with E-state index in [1.807, 2.05) is 18.2 Å². The van der Waals surface area contributed by atoms with Gasteiger partial charge in [-0.25, -0.2) is 0 Å². The Labute approximate surface area is 101 Å². The van der Waals surface area contributed by atoms with Crippen molar-refractivity contribution >= 4 is 23.0 Å². The van der Waals surface area contributed by atoms with Gasteiger partial charge in [0.15, 0.2) is 0 Å². The molecule has 0 amide bonds. The SMILES string of the molecule is CC1CN(c2c(N)cccc2Cl)CC(C)O1. The molecule has 1 aromatic carbocycles. The van der Waals surface area contributed by atoms with Crippen LogP contribution in [0.15, 0.2) is 18.2 Å². The molecule has 1 aromatic rings. The molecule has 0 spiro atoms. The summed E-state index contributed by atoms with van der Waals surface area (Å²) in [6, 6.07) is 5.62. The third-order valence-electron chi connectivity index (χ3n) is 2.75. The van der Waals surface area contributed by atoms with Gasteiger partial charge in [-0.3, -0.25) is 0 Å². The highest BCUT2D eigenvalue weighted by molar-refractivity contribution is 6.34. The van der Waals surface area contributed by atoms with Crippen LogP contribution < -0.4 is 10.6 Å². The van der Waals surface area contributed by atoms with Crippen molar-refractivity contribution in [3.05, 3.63) is 23.2 Å². The average molecular weight is 241 g/mol. The maximum Gasteiger partial charge on any atom is 0.0790 e. The molecule has 1 heterocycles. The molecule has 0 saturated carbocycles. The molecule has 1 fully saturated rings. The number of anilines is 2. The van der Waals surface area contributed by atoms with Gasteiger partial charge in [0.25, 0.3) is 0 Å². The minimum absolute atomic E-state index is 0.208. The summed E-state index contributed by atoms with van der Waals surface area (Å²) < 4.78 is 5.69. The molecule has 3 nitrogen and oxygen atoms in total. The fourth-order valence-corrected chi connectivity index (χ4v) is 2.53. The lowest BCUT2D eigenvalue weighted by Gasteiger charge is -2.37. The van der Waals surface area contributed by atoms with Crippen molar-refractivity contribution in [2.24, 2.45) is 0 Å². The van der Waals surface area contributed by atoms with Gasteiger partial charge in [-0.05, 0) is 26.0 Å². The summed E-state index contributed by atoms with van der Waals surface area (Å²) in [6.45, 7) is 5.79. The van der Waals surface area contributed by atoms with Gasteiger partial charge in [0, 0.05) is 13.1 Å². The quantitative estimate of drug-likeness (QED) is 0.767. The molecule has 1 aliphatic rings. The number of nitrogens with zero attached hydrogens (tertiary/aromatic N) is 1. The molecule has 2 N–H and O–H groups in total. The molecule has 2 rings (SSSR count). The topological polar surface area (TPSA) is 38.5 Å². The van der Waals surface area contributed by atoms with Crippen LogP contribution in [0.1, 0.15) is 13.8 Å². The maximum atomic E-state index is 6.20. The van der Waals surface area contributed by atoms with Crippen LogP contribution >= 0.6 is 11.6 Å². The smallest absolute Gasteiger partial charge is 0.0790 e. The van der Waals surface area contributed by atoms with E-state index in [4.69, 9.17) is 22.1 Å². The van der Waals surface area contributed by atoms with Gasteiger partial charge >= 0.3 is 0 Å². The predicted octanol–water partition coefficient (Wildman–Crippen LogP) is 2.54. The van der Waals surface area contributed by atoms with Gasteiger partial charge in [-0.2, -0.15) is 0 Å². The fraction of sp³-hybridized carbons (Fsp3) is 0.500. The van der Waals surface area contributed by atoms with Crippen LogP contribution in [0.3, 0.4) is 0 Å². The lowest BCUT2D eigenvalue weighted by atomic mass is 10.2. The van der Waals surface area contributed by atoms with E-state index in [1.165, 1.54) is 0 Å². The van der Waals surface area contributed by atoms with Gasteiger partial charge in [0.2, 0.25) is 0 Å². The molecule has 16 heavy (non-hydrogen) atoms. The van der Waals surface area contributed by atoms with Gasteiger partial charge in [-0.1, -0.05) is 17.7 Å². The number of halogens is 1. The monoisotopic (exact) mass is 240 g/mol. The molecule has 1 aliphatic heterocycles. The van der Waals surface area contributed by atoms with Crippen molar-refractivity contribution in [1.29, 1.82) is 0 Å². The molecule has 2 atom stereocenters. The molecule has 0 aromatic heterocycles. The Hall–Kier alpha value is -0.930. The molecule has 1 saturated heterocycles. The first kappa shape index (κ1) is 11.6. The minimum atomic E-state index is 0.208. The number of nitrogen functional groups attached to an aromatic ring is 1. The summed E-state index contributed by atoms with van der Waals surface area (Å²) in [5.41, 5.74) is 7.64. The van der Waals surface area contributed by atoms with E-state index < -0.39 is 0 Å². The number of rotatable bonds is 1. The third-order valence-corrected chi connectivity index (χ3v) is 3.06. The summed E-state index contributed by atoms with van der Waals surface area (Å²) in [5.74, 6) is 0. The first-order chi connectivity index (χ1) is 7.58. The molecular weight excluding hydrogens is 224 g/mol. The summed E-state index contributed by atoms with van der Waals surface area (Å²) in [5, 5.41) is 0.710. The minimum Gasteiger partial charge on any atom is -0.397 e. The Morgan fingerprint density at radius 3 is 2.50 bits per heavy atom. The van der Waals surface area contributed by atoms with Crippen molar-refractivity contribution in [3.8, 4) is 0 Å². The van der Waals surface area contributed by atoms with Gasteiger partial charge in [0.1, 0.15) is 0 Å². The van der Waals surface area contributed by atoms with Crippen LogP contribution in [-0.2, 0) is 4.74 Å². The summed E-state index contributed by atoms with van der Waals surface area (Å²) in [7, 11) is 0. The van der Waals surface area contributed by atoms with Gasteiger partial charge in [-0.15, -0.1) is 0 Å². The van der Waals surface area contributed by atoms with Crippen LogP contribution in [0.2, 0.25) is 5.02 Å². The largest absolute Gasteiger partial charge is 0.397 e. The lowest BCUT2D eigenvalue weighted by molar-refractivity contribution is -0.00516. The zero-order valence-electron chi connectivity index (χ0n) is 9.61. The highest BCUT2D eigenvalue weighted by Gasteiger charge is 2.24. The van der Waals surface area contributed by atoms with Crippen molar-refractivity contribution in [2.45, 2.75) is 26.1 Å². The predicted molar refractivity (Wildman–Crippen MR) is 68.1 cm³/mol. The van der Waals surface area contributed by atoms with Crippen LogP contribution in [-0.4, -0.2) is 25.3 Å². The Morgan fingerprint density at radius 1 is 1.31 bits per heavy atom. The standard InChI is InChI=1S/C12H17ClN2O/c1-8-6-15(7-9(2)16-8)12-10(13)4-3-5-11(12)14/h3-5,8-9H,6-7,14H2,1-2H3. The number of morpholine rings is 1. The molecule has 88 valence electrons. The molecule has 0 aliphatic carbocycles. The second-order valence-corrected chi connectivity index (χ2v) is 4.75. The van der Waals surface area contributed by atoms with E-state index in [9.17, 15) is 0 Å². The van der Waals surface area contributed by atoms with Crippen molar-refractivity contribution in [2.75, 3.05) is 23.7 Å². The summed E-state index contributed by atoms with van der Waals surface area (Å²) >= 11 is 6.20. The van der Waals surface area contributed by atoms with E-state index in [1.54, 1.807) is 0 Å². The second kappa shape index (κ2) is 4.52. The van der Waals surface area contributed by atoms with E-state index in [0.717, 1.165) is 24.5 Å². The van der Waals surface area contributed by atoms with E-state index in [0.29, 0.717) is 5.02 Å². The molecule has 4 heteroatoms. The van der Waals surface area contributed by atoms with E-state index >= 15 is 0 Å². The van der Waals surface area contributed by atoms with Crippen molar-refractivity contribution in [1.82, 2.24) is 0 Å². The van der Waals surface area contributed by atoms with E-state index in [2.05, 4.69) is 18.7 Å². The molecule has 2 unspecified atom stereocenters. The number of hydrogen-bond donors (Lipinski definition) is 1. The first-order valence-electron chi connectivity index (χ1n) is 5.52. The Morgan fingerprint density at radius 2 is 1.94 bits per heavy atom. The molecule has 0 radical (unpaired) electrons. The summed E-state index contributed by atoms with van der Waals surface area (Å²) in [4.78, 5) is 2.20. The highest BCUT2D eigenvalue weighted by Crippen LogP contribution is 2.33. The Kier molecular flexibility index (Phi) is 3.26. The van der Waals surface area contributed by atoms with Crippen LogP contribution in [0.5, 0.6) is 0 Å². The zero-order valence-corrected chi connectivity index (χ0v) is 10.4. The van der Waals surface area contributed by atoms with Crippen LogP contribution in [0.4, 0.5) is 11.4 Å². The zero-order chi connectivity index (χ0) is 11.7. The maximum absolute atomic E-state index is 6.20. The lowest BCUT2D eigenvalue weighted by Crippen LogP contribution is -2.45. The van der Waals surface area contributed by atoms with Crippen LogP contribution in [0.25, 0.3) is 0 Å². The number of benzene rings is 1. The van der Waals surface area contributed by atoms with Gasteiger partial charge < -0.3 is 15.4 Å². The Bertz CT molecular complexity index is 353. The highest BCUT2D eigenvalue weighted by atomic mass is 35.5. The normalized spacial score (nSPS) is 25.8. The average Bonchev–Trinajstić information content (AvgIpc) is 2.15. The molecule has 0 bridgehead atoms.